The van der Waals surface area contributed by atoms with Crippen molar-refractivity contribution >= 4 is 45.2 Å². The minimum atomic E-state index is 0.998. The van der Waals surface area contributed by atoms with Crippen LogP contribution in [0.5, 0.6) is 5.75 Å². The quantitative estimate of drug-likeness (QED) is 0.687. The average molecular weight is 374 g/mol. The Morgan fingerprint density at radius 3 is 2.36 bits per heavy atom. The molecule has 0 saturated heterocycles. The number of benzene rings is 1. The highest BCUT2D eigenvalue weighted by molar-refractivity contribution is 14.1. The molecule has 0 heterocycles. The lowest BCUT2D eigenvalue weighted by molar-refractivity contribution is 0.408. The van der Waals surface area contributed by atoms with Crippen LogP contribution in [-0.2, 0) is 0 Å². The molecule has 0 spiro atoms. The summed E-state index contributed by atoms with van der Waals surface area (Å²) < 4.78 is 7.69. The van der Waals surface area contributed by atoms with E-state index in [1.165, 1.54) is 12.7 Å². The molecule has 0 saturated carbocycles. The molecular weight excluding hydrogens is 366 g/mol. The third-order valence-electron chi connectivity index (χ3n) is 1.45. The fraction of sp³-hybridized carbons (Fsp3) is 0.250. The van der Waals surface area contributed by atoms with E-state index in [0.29, 0.717) is 0 Å². The molecule has 0 aliphatic rings. The molecule has 1 aromatic carbocycles. The maximum absolute atomic E-state index is 5.24. The first-order valence-electron chi connectivity index (χ1n) is 3.15. The van der Waals surface area contributed by atoms with Gasteiger partial charge < -0.3 is 4.74 Å². The van der Waals surface area contributed by atoms with Crippen LogP contribution in [0.2, 0.25) is 0 Å². The summed E-state index contributed by atoms with van der Waals surface area (Å²) in [5, 5.41) is 0. The van der Waals surface area contributed by atoms with Crippen LogP contribution in [0.4, 0.5) is 0 Å². The van der Waals surface area contributed by atoms with Crippen molar-refractivity contribution in [3.8, 4) is 5.75 Å². The maximum atomic E-state index is 5.24. The van der Waals surface area contributed by atoms with Crippen molar-refractivity contribution in [2.45, 2.75) is 6.92 Å². The second-order valence-corrected chi connectivity index (χ2v) is 4.45. The number of rotatable bonds is 1. The van der Waals surface area contributed by atoms with Crippen LogP contribution in [-0.4, -0.2) is 7.11 Å². The Hall–Kier alpha value is 0.480. The number of hydrogen-bond donors (Lipinski definition) is 0. The van der Waals surface area contributed by atoms with Crippen molar-refractivity contribution in [3.05, 3.63) is 24.8 Å². The SMILES string of the molecule is COc1c(C)ccc(I)c1I. The number of ether oxygens (including phenoxy) is 1. The summed E-state index contributed by atoms with van der Waals surface area (Å²) in [7, 11) is 1.71. The molecule has 1 rings (SSSR count). The van der Waals surface area contributed by atoms with Crippen molar-refractivity contribution in [1.82, 2.24) is 0 Å². The molecule has 0 aliphatic carbocycles. The van der Waals surface area contributed by atoms with Gasteiger partial charge in [0.15, 0.2) is 0 Å². The molecule has 1 nitrogen and oxygen atoms in total. The van der Waals surface area contributed by atoms with Crippen LogP contribution in [0, 0.1) is 14.1 Å². The number of methoxy groups -OCH3 is 1. The van der Waals surface area contributed by atoms with Gasteiger partial charge in [0.05, 0.1) is 10.7 Å². The lowest BCUT2D eigenvalue weighted by atomic mass is 10.2. The summed E-state index contributed by atoms with van der Waals surface area (Å²) in [6, 6.07) is 4.17. The first-order chi connectivity index (χ1) is 5.16. The Kier molecular flexibility index (Phi) is 3.42. The van der Waals surface area contributed by atoms with E-state index in [2.05, 4.69) is 64.2 Å². The summed E-state index contributed by atoms with van der Waals surface area (Å²) in [4.78, 5) is 0. The van der Waals surface area contributed by atoms with Gasteiger partial charge >= 0.3 is 0 Å². The summed E-state index contributed by atoms with van der Waals surface area (Å²) in [5.74, 6) is 0.998. The van der Waals surface area contributed by atoms with Crippen LogP contribution in [0.25, 0.3) is 0 Å². The first-order valence-corrected chi connectivity index (χ1v) is 5.31. The zero-order valence-electron chi connectivity index (χ0n) is 6.32. The standard InChI is InChI=1S/C8H8I2O/c1-5-3-4-6(9)7(10)8(5)11-2/h3-4H,1-2H3. The van der Waals surface area contributed by atoms with Gasteiger partial charge in [0.1, 0.15) is 5.75 Å². The molecule has 0 aliphatic heterocycles. The smallest absolute Gasteiger partial charge is 0.136 e. The van der Waals surface area contributed by atoms with Crippen LogP contribution >= 0.6 is 45.2 Å². The van der Waals surface area contributed by atoms with Crippen LogP contribution < -0.4 is 4.74 Å². The van der Waals surface area contributed by atoms with Gasteiger partial charge in [-0.3, -0.25) is 0 Å². The first kappa shape index (κ1) is 9.57. The van der Waals surface area contributed by atoms with Crippen LogP contribution in [0.3, 0.4) is 0 Å². The fourth-order valence-corrected chi connectivity index (χ4v) is 2.13. The van der Waals surface area contributed by atoms with Crippen molar-refractivity contribution in [2.75, 3.05) is 7.11 Å². The van der Waals surface area contributed by atoms with Gasteiger partial charge in [-0.2, -0.15) is 0 Å². The Labute approximate surface area is 93.8 Å². The monoisotopic (exact) mass is 374 g/mol. The highest BCUT2D eigenvalue weighted by Crippen LogP contribution is 2.28. The van der Waals surface area contributed by atoms with Crippen molar-refractivity contribution < 1.29 is 4.74 Å². The molecule has 0 bridgehead atoms. The van der Waals surface area contributed by atoms with Crippen LogP contribution in [0.1, 0.15) is 5.56 Å². The van der Waals surface area contributed by atoms with E-state index in [1.807, 2.05) is 0 Å². The van der Waals surface area contributed by atoms with Gasteiger partial charge in [0.25, 0.3) is 0 Å². The van der Waals surface area contributed by atoms with Gasteiger partial charge in [-0.1, -0.05) is 6.07 Å². The minimum Gasteiger partial charge on any atom is -0.495 e. The fourth-order valence-electron chi connectivity index (χ4n) is 0.879. The largest absolute Gasteiger partial charge is 0.495 e. The molecule has 3 heteroatoms. The van der Waals surface area contributed by atoms with Gasteiger partial charge in [-0.05, 0) is 63.7 Å². The Bertz CT molecular complexity index is 271. The lowest BCUT2D eigenvalue weighted by Crippen LogP contribution is -1.92. The van der Waals surface area contributed by atoms with E-state index in [0.717, 1.165) is 5.75 Å². The van der Waals surface area contributed by atoms with E-state index in [-0.39, 0.29) is 0 Å². The van der Waals surface area contributed by atoms with Crippen LogP contribution in [0.15, 0.2) is 12.1 Å². The molecule has 11 heavy (non-hydrogen) atoms. The Morgan fingerprint density at radius 2 is 1.91 bits per heavy atom. The van der Waals surface area contributed by atoms with E-state index in [9.17, 15) is 0 Å². The van der Waals surface area contributed by atoms with Gasteiger partial charge in [-0.25, -0.2) is 0 Å². The molecule has 0 atom stereocenters. The average Bonchev–Trinajstić information content (AvgIpc) is 1.99. The molecule has 0 aromatic heterocycles. The third-order valence-corrected chi connectivity index (χ3v) is 4.45. The van der Waals surface area contributed by atoms with E-state index >= 15 is 0 Å². The molecule has 0 unspecified atom stereocenters. The molecule has 0 fully saturated rings. The lowest BCUT2D eigenvalue weighted by Gasteiger charge is -2.07. The van der Waals surface area contributed by atoms with Crippen molar-refractivity contribution in [2.24, 2.45) is 0 Å². The second kappa shape index (κ2) is 3.93. The number of aryl methyl sites for hydroxylation is 1. The zero-order valence-corrected chi connectivity index (χ0v) is 10.6. The summed E-state index contributed by atoms with van der Waals surface area (Å²) in [5.41, 5.74) is 1.19. The molecule has 60 valence electrons. The van der Waals surface area contributed by atoms with Crippen molar-refractivity contribution in [1.29, 1.82) is 0 Å². The molecular formula is C8H8I2O. The molecule has 1 aromatic rings. The van der Waals surface area contributed by atoms with Gasteiger partial charge in [-0.15, -0.1) is 0 Å². The summed E-state index contributed by atoms with van der Waals surface area (Å²) in [6.45, 7) is 2.05. The van der Waals surface area contributed by atoms with E-state index in [1.54, 1.807) is 7.11 Å². The topological polar surface area (TPSA) is 9.23 Å². The minimum absolute atomic E-state index is 0.998. The normalized spacial score (nSPS) is 9.82. The predicted molar refractivity (Wildman–Crippen MR) is 63.2 cm³/mol. The summed E-state index contributed by atoms with van der Waals surface area (Å²) >= 11 is 4.60. The molecule has 0 N–H and O–H groups in total. The van der Waals surface area contributed by atoms with Gasteiger partial charge in [0.2, 0.25) is 0 Å². The highest BCUT2D eigenvalue weighted by Gasteiger charge is 2.05. The summed E-state index contributed by atoms with van der Waals surface area (Å²) in [6.07, 6.45) is 0. The van der Waals surface area contributed by atoms with E-state index in [4.69, 9.17) is 4.74 Å². The number of hydrogen-bond acceptors (Lipinski definition) is 1. The predicted octanol–water partition coefficient (Wildman–Crippen LogP) is 3.21. The molecule has 0 amide bonds. The highest BCUT2D eigenvalue weighted by atomic mass is 127. The van der Waals surface area contributed by atoms with E-state index < -0.39 is 0 Å². The number of halogens is 2. The maximum Gasteiger partial charge on any atom is 0.136 e. The third kappa shape index (κ3) is 1.99. The van der Waals surface area contributed by atoms with Crippen molar-refractivity contribution in [3.63, 3.8) is 0 Å². The zero-order chi connectivity index (χ0) is 8.43. The Morgan fingerprint density at radius 1 is 1.27 bits per heavy atom. The molecule has 0 radical (unpaired) electrons. The Balaban J connectivity index is 3.29. The van der Waals surface area contributed by atoms with Gasteiger partial charge in [0, 0.05) is 3.57 Å². The second-order valence-electron chi connectivity index (χ2n) is 2.21.